The van der Waals surface area contributed by atoms with Gasteiger partial charge in [0.15, 0.2) is 0 Å². The fourth-order valence-corrected chi connectivity index (χ4v) is 2.02. The average Bonchev–Trinajstić information content (AvgIpc) is 2.27. The number of fused-ring (bicyclic) bond motifs is 1. The van der Waals surface area contributed by atoms with Gasteiger partial charge in [-0.05, 0) is 30.0 Å². The summed E-state index contributed by atoms with van der Waals surface area (Å²) in [6.07, 6.45) is 0. The second-order valence-electron chi connectivity index (χ2n) is 3.96. The van der Waals surface area contributed by atoms with E-state index in [0.717, 1.165) is 33.3 Å². The molecule has 0 unspecified atom stereocenters. The van der Waals surface area contributed by atoms with Crippen molar-refractivity contribution in [2.45, 2.75) is 6.92 Å². The van der Waals surface area contributed by atoms with Gasteiger partial charge in [0, 0.05) is 23.8 Å². The van der Waals surface area contributed by atoms with Crippen molar-refractivity contribution in [2.24, 2.45) is 0 Å². The molecule has 0 spiro atoms. The highest BCUT2D eigenvalue weighted by atomic mass is 14.8. The molecular formula is C14H16N2. The third-order valence-electron chi connectivity index (χ3n) is 2.80. The summed E-state index contributed by atoms with van der Waals surface area (Å²) in [4.78, 5) is 0. The quantitative estimate of drug-likeness (QED) is 0.748. The number of hydrogen-bond acceptors (Lipinski definition) is 2. The highest BCUT2D eigenvalue weighted by Gasteiger charge is 2.07. The molecule has 2 heteroatoms. The Kier molecular flexibility index (Phi) is 2.57. The molecule has 0 aromatic heterocycles. The maximum atomic E-state index is 6.03. The smallest absolute Gasteiger partial charge is 0.0438 e. The number of allylic oxidation sites excluding steroid dienone is 1. The third kappa shape index (κ3) is 1.52. The van der Waals surface area contributed by atoms with Gasteiger partial charge in [-0.15, -0.1) is 0 Å². The Morgan fingerprint density at radius 1 is 1.25 bits per heavy atom. The maximum absolute atomic E-state index is 6.03. The van der Waals surface area contributed by atoms with Crippen LogP contribution in [0.3, 0.4) is 0 Å². The number of nitrogens with one attached hydrogen (secondary N) is 1. The van der Waals surface area contributed by atoms with Crippen LogP contribution in [0.4, 0.5) is 11.4 Å². The fourth-order valence-electron chi connectivity index (χ4n) is 2.02. The van der Waals surface area contributed by atoms with E-state index in [1.54, 1.807) is 0 Å². The van der Waals surface area contributed by atoms with Gasteiger partial charge < -0.3 is 11.1 Å². The van der Waals surface area contributed by atoms with Crippen LogP contribution >= 0.6 is 0 Å². The molecule has 0 bridgehead atoms. The summed E-state index contributed by atoms with van der Waals surface area (Å²) in [5.41, 5.74) is 10.1. The molecule has 0 heterocycles. The summed E-state index contributed by atoms with van der Waals surface area (Å²) < 4.78 is 0. The maximum Gasteiger partial charge on any atom is 0.0438 e. The van der Waals surface area contributed by atoms with Gasteiger partial charge in [-0.3, -0.25) is 0 Å². The normalized spacial score (nSPS) is 10.4. The Morgan fingerprint density at radius 2 is 2.00 bits per heavy atom. The zero-order chi connectivity index (χ0) is 11.7. The topological polar surface area (TPSA) is 38.0 Å². The van der Waals surface area contributed by atoms with Gasteiger partial charge in [-0.1, -0.05) is 30.4 Å². The lowest BCUT2D eigenvalue weighted by atomic mass is 9.97. The minimum absolute atomic E-state index is 0.796. The fraction of sp³-hybridized carbons (Fsp3) is 0.143. The van der Waals surface area contributed by atoms with E-state index in [1.807, 2.05) is 32.2 Å². The second-order valence-corrected chi connectivity index (χ2v) is 3.96. The van der Waals surface area contributed by atoms with E-state index >= 15 is 0 Å². The second kappa shape index (κ2) is 3.89. The van der Waals surface area contributed by atoms with E-state index in [-0.39, 0.29) is 0 Å². The van der Waals surface area contributed by atoms with Crippen molar-refractivity contribution >= 4 is 27.7 Å². The Labute approximate surface area is 95.8 Å². The molecule has 0 amide bonds. The van der Waals surface area contributed by atoms with Crippen LogP contribution in [0.5, 0.6) is 0 Å². The Morgan fingerprint density at radius 3 is 2.62 bits per heavy atom. The van der Waals surface area contributed by atoms with Crippen molar-refractivity contribution in [2.75, 3.05) is 18.1 Å². The van der Waals surface area contributed by atoms with Crippen LogP contribution in [-0.2, 0) is 0 Å². The highest BCUT2D eigenvalue weighted by molar-refractivity contribution is 6.07. The van der Waals surface area contributed by atoms with Crippen molar-refractivity contribution in [3.63, 3.8) is 0 Å². The van der Waals surface area contributed by atoms with Gasteiger partial charge >= 0.3 is 0 Å². The monoisotopic (exact) mass is 212 g/mol. The van der Waals surface area contributed by atoms with Crippen LogP contribution < -0.4 is 11.1 Å². The summed E-state index contributed by atoms with van der Waals surface area (Å²) in [6, 6.07) is 10.1. The van der Waals surface area contributed by atoms with Crippen LogP contribution in [0, 0.1) is 0 Å². The number of nitrogen functional groups attached to an aromatic ring is 1. The summed E-state index contributed by atoms with van der Waals surface area (Å²) in [5, 5.41) is 5.39. The predicted octanol–water partition coefficient (Wildman–Crippen LogP) is 3.50. The number of anilines is 2. The third-order valence-corrected chi connectivity index (χ3v) is 2.80. The molecule has 2 aromatic rings. The zero-order valence-electron chi connectivity index (χ0n) is 9.67. The molecule has 2 aromatic carbocycles. The summed E-state index contributed by atoms with van der Waals surface area (Å²) in [5.74, 6) is 0. The van der Waals surface area contributed by atoms with E-state index in [1.165, 1.54) is 0 Å². The molecule has 0 aliphatic carbocycles. The molecule has 0 saturated carbocycles. The number of rotatable bonds is 2. The molecule has 0 fully saturated rings. The largest absolute Gasteiger partial charge is 0.398 e. The van der Waals surface area contributed by atoms with Crippen molar-refractivity contribution in [1.82, 2.24) is 0 Å². The molecule has 0 radical (unpaired) electrons. The minimum atomic E-state index is 0.796. The van der Waals surface area contributed by atoms with Crippen LogP contribution in [0.25, 0.3) is 16.3 Å². The van der Waals surface area contributed by atoms with Gasteiger partial charge in [0.05, 0.1) is 0 Å². The highest BCUT2D eigenvalue weighted by Crippen LogP contribution is 2.33. The Bertz CT molecular complexity index is 556. The van der Waals surface area contributed by atoms with E-state index < -0.39 is 0 Å². The molecule has 0 atom stereocenters. The Hall–Kier alpha value is -1.96. The Balaban J connectivity index is 2.91. The minimum Gasteiger partial charge on any atom is -0.398 e. The molecule has 0 saturated heterocycles. The number of nitrogens with two attached hydrogens (primary N) is 1. The van der Waals surface area contributed by atoms with Gasteiger partial charge in [-0.25, -0.2) is 0 Å². The number of hydrogen-bond donors (Lipinski definition) is 2. The lowest BCUT2D eigenvalue weighted by molar-refractivity contribution is 1.53. The predicted molar refractivity (Wildman–Crippen MR) is 72.6 cm³/mol. The van der Waals surface area contributed by atoms with Crippen LogP contribution in [0.1, 0.15) is 12.5 Å². The van der Waals surface area contributed by atoms with Gasteiger partial charge in [0.25, 0.3) is 0 Å². The van der Waals surface area contributed by atoms with Crippen LogP contribution in [0.15, 0.2) is 36.9 Å². The van der Waals surface area contributed by atoms with E-state index in [0.29, 0.717) is 0 Å². The number of benzene rings is 2. The summed E-state index contributed by atoms with van der Waals surface area (Å²) >= 11 is 0. The first-order valence-electron chi connectivity index (χ1n) is 5.30. The first kappa shape index (κ1) is 10.6. The van der Waals surface area contributed by atoms with Crippen molar-refractivity contribution in [3.8, 4) is 0 Å². The molecule has 82 valence electrons. The van der Waals surface area contributed by atoms with Crippen molar-refractivity contribution in [1.29, 1.82) is 0 Å². The first-order valence-corrected chi connectivity index (χ1v) is 5.30. The van der Waals surface area contributed by atoms with Crippen molar-refractivity contribution < 1.29 is 0 Å². The molecule has 16 heavy (non-hydrogen) atoms. The molecular weight excluding hydrogens is 196 g/mol. The molecule has 3 N–H and O–H groups in total. The zero-order valence-corrected chi connectivity index (χ0v) is 9.67. The van der Waals surface area contributed by atoms with Gasteiger partial charge in [0.2, 0.25) is 0 Å². The summed E-state index contributed by atoms with van der Waals surface area (Å²) in [6.45, 7) is 6.01. The average molecular weight is 212 g/mol. The van der Waals surface area contributed by atoms with Crippen LogP contribution in [-0.4, -0.2) is 7.05 Å². The van der Waals surface area contributed by atoms with E-state index in [2.05, 4.69) is 24.0 Å². The summed E-state index contributed by atoms with van der Waals surface area (Å²) in [7, 11) is 1.90. The molecule has 2 nitrogen and oxygen atoms in total. The van der Waals surface area contributed by atoms with Gasteiger partial charge in [0.1, 0.15) is 0 Å². The SMILES string of the molecule is C=C(C)c1ccc(NC)c2c(N)cccc12. The first-order chi connectivity index (χ1) is 7.65. The molecule has 0 aliphatic heterocycles. The van der Waals surface area contributed by atoms with E-state index in [9.17, 15) is 0 Å². The lowest BCUT2D eigenvalue weighted by Gasteiger charge is -2.12. The van der Waals surface area contributed by atoms with Crippen LogP contribution in [0.2, 0.25) is 0 Å². The van der Waals surface area contributed by atoms with Gasteiger partial charge in [-0.2, -0.15) is 0 Å². The molecule has 2 rings (SSSR count). The van der Waals surface area contributed by atoms with Crippen molar-refractivity contribution in [3.05, 3.63) is 42.5 Å². The lowest BCUT2D eigenvalue weighted by Crippen LogP contribution is -1.95. The van der Waals surface area contributed by atoms with E-state index in [4.69, 9.17) is 5.73 Å². The molecule has 0 aliphatic rings. The standard InChI is InChI=1S/C14H16N2/c1-9(2)10-7-8-13(16-3)14-11(10)5-4-6-12(14)15/h4-8,16H,1,15H2,2-3H3.